The van der Waals surface area contributed by atoms with E-state index in [0.29, 0.717) is 12.3 Å². The van der Waals surface area contributed by atoms with Crippen LogP contribution >= 0.6 is 0 Å². The minimum atomic E-state index is -0.137. The first-order chi connectivity index (χ1) is 10.7. The fourth-order valence-electron chi connectivity index (χ4n) is 2.18. The van der Waals surface area contributed by atoms with Crippen molar-refractivity contribution in [2.45, 2.75) is 65.7 Å². The van der Waals surface area contributed by atoms with Gasteiger partial charge in [-0.25, -0.2) is 0 Å². The zero-order valence-electron chi connectivity index (χ0n) is 14.9. The van der Waals surface area contributed by atoms with Crippen molar-refractivity contribution < 1.29 is 9.53 Å². The molecule has 0 radical (unpaired) electrons. The SMILES string of the molecule is CCCCC(CC)CN=C(NCC)NCCCCC(=O)OC. The molecule has 0 aromatic carbocycles. The number of carbonyl (C=O) groups is 1. The Bertz CT molecular complexity index is 306. The van der Waals surface area contributed by atoms with Gasteiger partial charge in [-0.3, -0.25) is 9.79 Å². The molecular formula is C17H35N3O2. The van der Waals surface area contributed by atoms with Gasteiger partial charge in [-0.2, -0.15) is 0 Å². The highest BCUT2D eigenvalue weighted by molar-refractivity contribution is 5.79. The third-order valence-corrected chi connectivity index (χ3v) is 3.72. The average Bonchev–Trinajstić information content (AvgIpc) is 2.54. The molecule has 0 aliphatic carbocycles. The molecular weight excluding hydrogens is 278 g/mol. The predicted octanol–water partition coefficient (Wildman–Crippen LogP) is 3.10. The van der Waals surface area contributed by atoms with Crippen molar-refractivity contribution in [3.63, 3.8) is 0 Å². The summed E-state index contributed by atoms with van der Waals surface area (Å²) in [7, 11) is 1.43. The molecule has 0 aromatic rings. The van der Waals surface area contributed by atoms with Gasteiger partial charge in [0, 0.05) is 26.1 Å². The largest absolute Gasteiger partial charge is 0.469 e. The molecule has 0 amide bonds. The highest BCUT2D eigenvalue weighted by atomic mass is 16.5. The summed E-state index contributed by atoms with van der Waals surface area (Å²) in [6.45, 7) is 9.12. The van der Waals surface area contributed by atoms with Gasteiger partial charge in [0.05, 0.1) is 7.11 Å². The van der Waals surface area contributed by atoms with Crippen LogP contribution in [0.4, 0.5) is 0 Å². The monoisotopic (exact) mass is 313 g/mol. The number of rotatable bonds is 12. The lowest BCUT2D eigenvalue weighted by Crippen LogP contribution is -2.38. The standard InChI is InChI=1S/C17H35N3O2/c1-5-8-11-15(6-2)14-20-17(18-7-3)19-13-10-9-12-16(21)22-4/h15H,5-14H2,1-4H3,(H2,18,19,20). The Morgan fingerprint density at radius 2 is 1.91 bits per heavy atom. The summed E-state index contributed by atoms with van der Waals surface area (Å²) < 4.78 is 4.63. The molecule has 0 aromatic heterocycles. The Kier molecular flexibility index (Phi) is 13.8. The maximum Gasteiger partial charge on any atom is 0.305 e. The van der Waals surface area contributed by atoms with Gasteiger partial charge < -0.3 is 15.4 Å². The minimum Gasteiger partial charge on any atom is -0.469 e. The summed E-state index contributed by atoms with van der Waals surface area (Å²) in [6.07, 6.45) is 7.24. The van der Waals surface area contributed by atoms with Crippen LogP contribution in [-0.4, -0.2) is 38.7 Å². The summed E-state index contributed by atoms with van der Waals surface area (Å²) >= 11 is 0. The van der Waals surface area contributed by atoms with E-state index in [-0.39, 0.29) is 5.97 Å². The second-order valence-electron chi connectivity index (χ2n) is 5.60. The van der Waals surface area contributed by atoms with Gasteiger partial charge in [0.25, 0.3) is 0 Å². The van der Waals surface area contributed by atoms with Crippen LogP contribution < -0.4 is 10.6 Å². The van der Waals surface area contributed by atoms with Crippen LogP contribution in [0.1, 0.15) is 65.7 Å². The van der Waals surface area contributed by atoms with Crippen molar-refractivity contribution in [2.75, 3.05) is 26.7 Å². The maximum atomic E-state index is 11.0. The number of methoxy groups -OCH3 is 1. The predicted molar refractivity (Wildman–Crippen MR) is 93.2 cm³/mol. The first kappa shape index (κ1) is 20.7. The summed E-state index contributed by atoms with van der Waals surface area (Å²) in [5, 5.41) is 6.61. The molecule has 5 heteroatoms. The molecule has 22 heavy (non-hydrogen) atoms. The summed E-state index contributed by atoms with van der Waals surface area (Å²) in [6, 6.07) is 0. The van der Waals surface area contributed by atoms with Crippen molar-refractivity contribution >= 4 is 11.9 Å². The molecule has 0 rings (SSSR count). The molecule has 0 spiro atoms. The minimum absolute atomic E-state index is 0.137. The van der Waals surface area contributed by atoms with Gasteiger partial charge >= 0.3 is 5.97 Å². The number of nitrogens with one attached hydrogen (secondary N) is 2. The number of guanidine groups is 1. The van der Waals surface area contributed by atoms with Crippen molar-refractivity contribution in [3.05, 3.63) is 0 Å². The lowest BCUT2D eigenvalue weighted by Gasteiger charge is -2.15. The normalized spacial score (nSPS) is 12.8. The molecule has 0 bridgehead atoms. The average molecular weight is 313 g/mol. The Morgan fingerprint density at radius 3 is 2.50 bits per heavy atom. The fraction of sp³-hybridized carbons (Fsp3) is 0.882. The van der Waals surface area contributed by atoms with Gasteiger partial charge in [-0.05, 0) is 32.1 Å². The Morgan fingerprint density at radius 1 is 1.14 bits per heavy atom. The molecule has 0 aliphatic rings. The Hall–Kier alpha value is -1.26. The summed E-state index contributed by atoms with van der Waals surface area (Å²) in [5.41, 5.74) is 0. The molecule has 1 atom stereocenters. The molecule has 5 nitrogen and oxygen atoms in total. The third-order valence-electron chi connectivity index (χ3n) is 3.72. The van der Waals surface area contributed by atoms with Crippen LogP contribution in [0.2, 0.25) is 0 Å². The first-order valence-electron chi connectivity index (χ1n) is 8.76. The molecule has 0 heterocycles. The van der Waals surface area contributed by atoms with E-state index in [9.17, 15) is 4.79 Å². The van der Waals surface area contributed by atoms with Crippen molar-refractivity contribution in [3.8, 4) is 0 Å². The van der Waals surface area contributed by atoms with Crippen LogP contribution in [0.5, 0.6) is 0 Å². The van der Waals surface area contributed by atoms with Crippen LogP contribution in [0, 0.1) is 5.92 Å². The zero-order chi connectivity index (χ0) is 16.6. The third kappa shape index (κ3) is 11.4. The molecule has 2 N–H and O–H groups in total. The molecule has 0 aliphatic heterocycles. The topological polar surface area (TPSA) is 62.7 Å². The Balaban J connectivity index is 4.06. The van der Waals surface area contributed by atoms with Crippen molar-refractivity contribution in [1.29, 1.82) is 0 Å². The fourth-order valence-corrected chi connectivity index (χ4v) is 2.18. The maximum absolute atomic E-state index is 11.0. The Labute approximate surface area is 136 Å². The second kappa shape index (κ2) is 14.7. The van der Waals surface area contributed by atoms with Crippen LogP contribution in [0.3, 0.4) is 0 Å². The van der Waals surface area contributed by atoms with E-state index in [1.54, 1.807) is 0 Å². The molecule has 0 fully saturated rings. The highest BCUT2D eigenvalue weighted by Gasteiger charge is 2.06. The summed E-state index contributed by atoms with van der Waals surface area (Å²) in [5.74, 6) is 1.42. The van der Waals surface area contributed by atoms with E-state index >= 15 is 0 Å². The number of carbonyl (C=O) groups excluding carboxylic acids is 1. The van der Waals surface area contributed by atoms with Crippen LogP contribution in [0.15, 0.2) is 4.99 Å². The second-order valence-corrected chi connectivity index (χ2v) is 5.60. The van der Waals surface area contributed by atoms with E-state index in [0.717, 1.165) is 38.4 Å². The number of unbranched alkanes of at least 4 members (excludes halogenated alkanes) is 2. The quantitative estimate of drug-likeness (QED) is 0.251. The molecule has 1 unspecified atom stereocenters. The zero-order valence-corrected chi connectivity index (χ0v) is 14.9. The van der Waals surface area contributed by atoms with E-state index in [4.69, 9.17) is 0 Å². The van der Waals surface area contributed by atoms with Gasteiger partial charge in [-0.1, -0.05) is 33.1 Å². The van der Waals surface area contributed by atoms with Crippen molar-refractivity contribution in [2.24, 2.45) is 10.9 Å². The van der Waals surface area contributed by atoms with E-state index < -0.39 is 0 Å². The van der Waals surface area contributed by atoms with Crippen LogP contribution in [-0.2, 0) is 9.53 Å². The van der Waals surface area contributed by atoms with E-state index in [1.807, 2.05) is 0 Å². The lowest BCUT2D eigenvalue weighted by atomic mass is 10.00. The molecule has 130 valence electrons. The van der Waals surface area contributed by atoms with Crippen LogP contribution in [0.25, 0.3) is 0 Å². The summed E-state index contributed by atoms with van der Waals surface area (Å²) in [4.78, 5) is 15.7. The van der Waals surface area contributed by atoms with Gasteiger partial charge in [0.1, 0.15) is 0 Å². The first-order valence-corrected chi connectivity index (χ1v) is 8.76. The van der Waals surface area contributed by atoms with Crippen molar-refractivity contribution in [1.82, 2.24) is 10.6 Å². The number of hydrogen-bond donors (Lipinski definition) is 2. The lowest BCUT2D eigenvalue weighted by molar-refractivity contribution is -0.140. The number of nitrogens with zero attached hydrogens (tertiary/aromatic N) is 1. The number of esters is 1. The van der Waals surface area contributed by atoms with Gasteiger partial charge in [0.2, 0.25) is 0 Å². The number of aliphatic imine (C=N–C) groups is 1. The highest BCUT2D eigenvalue weighted by Crippen LogP contribution is 2.12. The molecule has 0 saturated carbocycles. The number of ether oxygens (including phenoxy) is 1. The molecule has 0 saturated heterocycles. The van der Waals surface area contributed by atoms with Gasteiger partial charge in [-0.15, -0.1) is 0 Å². The van der Waals surface area contributed by atoms with E-state index in [2.05, 4.69) is 41.1 Å². The smallest absolute Gasteiger partial charge is 0.305 e. The van der Waals surface area contributed by atoms with E-state index in [1.165, 1.54) is 32.8 Å². The van der Waals surface area contributed by atoms with Gasteiger partial charge in [0.15, 0.2) is 5.96 Å². The number of hydrogen-bond acceptors (Lipinski definition) is 3.